The van der Waals surface area contributed by atoms with Gasteiger partial charge in [0.15, 0.2) is 0 Å². The van der Waals surface area contributed by atoms with Gasteiger partial charge in [-0.1, -0.05) is 13.8 Å². The Morgan fingerprint density at radius 3 is 2.25 bits per heavy atom. The fraction of sp³-hybridized carbons (Fsp3) is 1.00. The van der Waals surface area contributed by atoms with Crippen molar-refractivity contribution in [3.63, 3.8) is 0 Å². The van der Waals surface area contributed by atoms with Gasteiger partial charge in [-0.05, 0) is 51.0 Å². The summed E-state index contributed by atoms with van der Waals surface area (Å²) in [5.74, 6) is 0.900. The van der Waals surface area contributed by atoms with Gasteiger partial charge in [-0.3, -0.25) is 0 Å². The van der Waals surface area contributed by atoms with Crippen molar-refractivity contribution >= 4 is 12.4 Å². The molecular weight excluding hydrogens is 220 g/mol. The summed E-state index contributed by atoms with van der Waals surface area (Å²) < 4.78 is 0. The molecule has 0 bridgehead atoms. The largest absolute Gasteiger partial charge is 0.329 e. The van der Waals surface area contributed by atoms with Gasteiger partial charge in [-0.15, -0.1) is 12.4 Å². The second-order valence-electron chi connectivity index (χ2n) is 6.13. The summed E-state index contributed by atoms with van der Waals surface area (Å²) in [6.07, 6.45) is 5.58. The fourth-order valence-electron chi connectivity index (χ4n) is 2.41. The number of nitrogens with zero attached hydrogens (tertiary/aromatic N) is 1. The smallest absolute Gasteiger partial charge is 0.0187 e. The van der Waals surface area contributed by atoms with Gasteiger partial charge < -0.3 is 10.6 Å². The van der Waals surface area contributed by atoms with Crippen LogP contribution in [0, 0.1) is 11.3 Å². The lowest BCUT2D eigenvalue weighted by Gasteiger charge is -2.37. The van der Waals surface area contributed by atoms with Crippen molar-refractivity contribution in [3.05, 3.63) is 0 Å². The van der Waals surface area contributed by atoms with Gasteiger partial charge in [0.05, 0.1) is 0 Å². The molecule has 0 saturated heterocycles. The highest BCUT2D eigenvalue weighted by Crippen LogP contribution is 2.38. The van der Waals surface area contributed by atoms with Crippen molar-refractivity contribution in [3.8, 4) is 0 Å². The molecule has 1 aliphatic carbocycles. The van der Waals surface area contributed by atoms with Crippen LogP contribution in [0.5, 0.6) is 0 Å². The summed E-state index contributed by atoms with van der Waals surface area (Å²) in [5, 5.41) is 0. The highest BCUT2D eigenvalue weighted by Gasteiger charge is 2.27. The normalized spacial score (nSPS) is 22.9. The first-order chi connectivity index (χ1) is 6.94. The van der Waals surface area contributed by atoms with E-state index in [1.54, 1.807) is 0 Å². The van der Waals surface area contributed by atoms with Crippen molar-refractivity contribution < 1.29 is 0 Å². The van der Waals surface area contributed by atoms with Gasteiger partial charge >= 0.3 is 0 Å². The molecule has 2 N–H and O–H groups in total. The molecule has 0 aromatic heterocycles. The van der Waals surface area contributed by atoms with E-state index in [1.165, 1.54) is 32.2 Å². The third-order valence-corrected chi connectivity index (χ3v) is 4.10. The summed E-state index contributed by atoms with van der Waals surface area (Å²) in [6, 6.07) is 0.528. The highest BCUT2D eigenvalue weighted by atomic mass is 35.5. The van der Waals surface area contributed by atoms with Gasteiger partial charge in [-0.2, -0.15) is 0 Å². The topological polar surface area (TPSA) is 29.3 Å². The third kappa shape index (κ3) is 5.03. The van der Waals surface area contributed by atoms with Crippen molar-refractivity contribution in [2.24, 2.45) is 17.1 Å². The predicted octanol–water partition coefficient (Wildman–Crippen LogP) is 2.90. The summed E-state index contributed by atoms with van der Waals surface area (Å²) in [7, 11) is 2.21. The van der Waals surface area contributed by atoms with Crippen LogP contribution in [-0.4, -0.2) is 31.1 Å². The molecule has 1 unspecified atom stereocenters. The number of likely N-dealkylation sites (N-methyl/N-ethyl adjacent to an activating group) is 1. The number of hydrogen-bond acceptors (Lipinski definition) is 2. The molecule has 1 saturated carbocycles. The lowest BCUT2D eigenvalue weighted by atomic mass is 9.73. The summed E-state index contributed by atoms with van der Waals surface area (Å²) in [5.41, 5.74) is 6.27. The second-order valence-corrected chi connectivity index (χ2v) is 6.13. The zero-order chi connectivity index (χ0) is 11.5. The molecule has 0 radical (unpaired) electrons. The van der Waals surface area contributed by atoms with E-state index in [4.69, 9.17) is 5.73 Å². The molecule has 98 valence electrons. The van der Waals surface area contributed by atoms with Crippen molar-refractivity contribution in [2.75, 3.05) is 20.1 Å². The zero-order valence-corrected chi connectivity index (χ0v) is 12.1. The molecule has 2 nitrogen and oxygen atoms in total. The molecule has 0 amide bonds. The molecule has 3 heteroatoms. The number of hydrogen-bond donors (Lipinski definition) is 1. The zero-order valence-electron chi connectivity index (χ0n) is 11.3. The maximum absolute atomic E-state index is 5.68. The van der Waals surface area contributed by atoms with Crippen molar-refractivity contribution in [2.45, 2.75) is 52.5 Å². The Hall–Kier alpha value is 0.210. The Morgan fingerprint density at radius 1 is 1.31 bits per heavy atom. The monoisotopic (exact) mass is 248 g/mol. The summed E-state index contributed by atoms with van der Waals surface area (Å²) in [6.45, 7) is 9.01. The van der Waals surface area contributed by atoms with Crippen LogP contribution in [0.4, 0.5) is 0 Å². The molecule has 1 atom stereocenters. The van der Waals surface area contributed by atoms with Crippen LogP contribution in [0.2, 0.25) is 0 Å². The van der Waals surface area contributed by atoms with E-state index in [0.717, 1.165) is 12.5 Å². The van der Waals surface area contributed by atoms with Crippen LogP contribution in [-0.2, 0) is 0 Å². The Labute approximate surface area is 107 Å². The third-order valence-electron chi connectivity index (χ3n) is 4.10. The second kappa shape index (κ2) is 6.83. The predicted molar refractivity (Wildman–Crippen MR) is 74.1 cm³/mol. The molecule has 1 aliphatic rings. The highest BCUT2D eigenvalue weighted by molar-refractivity contribution is 5.85. The quantitative estimate of drug-likeness (QED) is 0.829. The standard InChI is InChI=1S/C13H28N2.ClH/c1-11(9-14)15(4)10-12-5-7-13(2,3)8-6-12;/h11-12H,5-10,14H2,1-4H3;1H. The summed E-state index contributed by atoms with van der Waals surface area (Å²) in [4.78, 5) is 2.42. The van der Waals surface area contributed by atoms with Crippen LogP contribution in [0.1, 0.15) is 46.5 Å². The first-order valence-electron chi connectivity index (χ1n) is 6.35. The van der Waals surface area contributed by atoms with Crippen LogP contribution in [0.15, 0.2) is 0 Å². The van der Waals surface area contributed by atoms with Gasteiger partial charge in [0.2, 0.25) is 0 Å². The van der Waals surface area contributed by atoms with E-state index in [0.29, 0.717) is 11.5 Å². The molecule has 1 fully saturated rings. The first-order valence-corrected chi connectivity index (χ1v) is 6.35. The van der Waals surface area contributed by atoms with E-state index < -0.39 is 0 Å². The van der Waals surface area contributed by atoms with E-state index in [2.05, 4.69) is 32.7 Å². The molecule has 0 aromatic rings. The minimum absolute atomic E-state index is 0. The average Bonchev–Trinajstić information content (AvgIpc) is 2.20. The van der Waals surface area contributed by atoms with Gasteiger partial charge in [0.1, 0.15) is 0 Å². The van der Waals surface area contributed by atoms with E-state index in [1.807, 2.05) is 0 Å². The molecule has 1 rings (SSSR count). The maximum atomic E-state index is 5.68. The van der Waals surface area contributed by atoms with E-state index in [-0.39, 0.29) is 12.4 Å². The number of rotatable bonds is 4. The van der Waals surface area contributed by atoms with Crippen LogP contribution >= 0.6 is 12.4 Å². The van der Waals surface area contributed by atoms with E-state index >= 15 is 0 Å². The van der Waals surface area contributed by atoms with Gasteiger partial charge in [0, 0.05) is 19.1 Å². The number of halogens is 1. The van der Waals surface area contributed by atoms with Crippen molar-refractivity contribution in [1.82, 2.24) is 4.90 Å². The van der Waals surface area contributed by atoms with Gasteiger partial charge in [0.25, 0.3) is 0 Å². The number of nitrogens with two attached hydrogens (primary N) is 1. The SMILES string of the molecule is CC(CN)N(C)CC1CCC(C)(C)CC1.Cl. The van der Waals surface area contributed by atoms with Crippen molar-refractivity contribution in [1.29, 1.82) is 0 Å². The Bertz CT molecular complexity index is 184. The molecule has 0 aromatic carbocycles. The maximum Gasteiger partial charge on any atom is 0.0187 e. The first kappa shape index (κ1) is 16.2. The Kier molecular flexibility index (Phi) is 6.92. The fourth-order valence-corrected chi connectivity index (χ4v) is 2.41. The Balaban J connectivity index is 0.00000225. The molecule has 0 heterocycles. The Morgan fingerprint density at radius 2 is 1.81 bits per heavy atom. The lowest BCUT2D eigenvalue weighted by molar-refractivity contribution is 0.141. The lowest BCUT2D eigenvalue weighted by Crippen LogP contribution is -2.39. The minimum atomic E-state index is 0. The van der Waals surface area contributed by atoms with Gasteiger partial charge in [-0.25, -0.2) is 0 Å². The van der Waals surface area contributed by atoms with Crippen LogP contribution in [0.25, 0.3) is 0 Å². The molecular formula is C13H29ClN2. The minimum Gasteiger partial charge on any atom is -0.329 e. The average molecular weight is 249 g/mol. The summed E-state index contributed by atoms with van der Waals surface area (Å²) >= 11 is 0. The molecule has 0 spiro atoms. The van der Waals surface area contributed by atoms with Crippen LogP contribution in [0.3, 0.4) is 0 Å². The molecule has 0 aliphatic heterocycles. The van der Waals surface area contributed by atoms with Crippen LogP contribution < -0.4 is 5.73 Å². The van der Waals surface area contributed by atoms with E-state index in [9.17, 15) is 0 Å². The molecule has 16 heavy (non-hydrogen) atoms.